The van der Waals surface area contributed by atoms with Gasteiger partial charge in [-0.2, -0.15) is 0 Å². The van der Waals surface area contributed by atoms with E-state index in [2.05, 4.69) is 13.2 Å². The van der Waals surface area contributed by atoms with E-state index < -0.39 is 11.9 Å². The Morgan fingerprint density at radius 3 is 1.22 bits per heavy atom. The molecule has 0 saturated heterocycles. The van der Waals surface area contributed by atoms with Crippen molar-refractivity contribution >= 4 is 11.9 Å². The van der Waals surface area contributed by atoms with E-state index in [0.29, 0.717) is 0 Å². The van der Waals surface area contributed by atoms with E-state index in [-0.39, 0.29) is 12.8 Å². The summed E-state index contributed by atoms with van der Waals surface area (Å²) in [7, 11) is 0. The fourth-order valence-electron chi connectivity index (χ4n) is 1.26. The second-order valence-electron chi connectivity index (χ2n) is 3.88. The van der Waals surface area contributed by atoms with Crippen LogP contribution in [0.5, 0.6) is 0 Å². The Morgan fingerprint density at radius 1 is 0.722 bits per heavy atom. The van der Waals surface area contributed by atoms with Crippen molar-refractivity contribution in [3.63, 3.8) is 0 Å². The fraction of sp³-hybridized carbons (Fsp3) is 0.571. The predicted molar refractivity (Wildman–Crippen MR) is 72.6 cm³/mol. The molecular formula is C14H24O4. The van der Waals surface area contributed by atoms with Crippen molar-refractivity contribution in [2.24, 2.45) is 0 Å². The van der Waals surface area contributed by atoms with Crippen LogP contribution in [0.25, 0.3) is 0 Å². The van der Waals surface area contributed by atoms with Crippen LogP contribution in [-0.4, -0.2) is 22.2 Å². The van der Waals surface area contributed by atoms with Crippen LogP contribution in [0.3, 0.4) is 0 Å². The molecule has 4 nitrogen and oxygen atoms in total. The van der Waals surface area contributed by atoms with Gasteiger partial charge >= 0.3 is 11.9 Å². The summed E-state index contributed by atoms with van der Waals surface area (Å²) in [5, 5.41) is 16.7. The van der Waals surface area contributed by atoms with Gasteiger partial charge in [0, 0.05) is 12.8 Å². The zero-order chi connectivity index (χ0) is 14.2. The van der Waals surface area contributed by atoms with Crippen LogP contribution >= 0.6 is 0 Å². The minimum absolute atomic E-state index is 0.245. The van der Waals surface area contributed by atoms with Gasteiger partial charge in [-0.15, -0.1) is 0 Å². The van der Waals surface area contributed by atoms with Gasteiger partial charge in [0.25, 0.3) is 0 Å². The number of carboxylic acids is 2. The lowest BCUT2D eigenvalue weighted by atomic mass is 10.1. The van der Waals surface area contributed by atoms with Crippen molar-refractivity contribution in [2.75, 3.05) is 0 Å². The molecule has 0 unspecified atom stereocenters. The standard InChI is InChI=1S/C10H18O4.C4H6/c11-9(12)7-5-3-1-2-4-6-8-10(13)14;1-3-4-2/h1-8H2,(H,11,12)(H,13,14);3-4H,1-2H2. The SMILES string of the molecule is C=CC=C.O=C(O)CCCCCCCCC(=O)O. The summed E-state index contributed by atoms with van der Waals surface area (Å²) in [6, 6.07) is 0. The maximum absolute atomic E-state index is 10.1. The molecule has 18 heavy (non-hydrogen) atoms. The molecule has 0 spiro atoms. The highest BCUT2D eigenvalue weighted by Crippen LogP contribution is 2.08. The summed E-state index contributed by atoms with van der Waals surface area (Å²) in [5.74, 6) is -1.48. The van der Waals surface area contributed by atoms with E-state index in [1.165, 1.54) is 0 Å². The Hall–Kier alpha value is -1.58. The van der Waals surface area contributed by atoms with E-state index in [4.69, 9.17) is 10.2 Å². The van der Waals surface area contributed by atoms with Crippen LogP contribution in [0.4, 0.5) is 0 Å². The van der Waals surface area contributed by atoms with Crippen molar-refractivity contribution in [2.45, 2.75) is 51.4 Å². The van der Waals surface area contributed by atoms with Gasteiger partial charge in [-0.25, -0.2) is 0 Å². The smallest absolute Gasteiger partial charge is 0.303 e. The lowest BCUT2D eigenvalue weighted by molar-refractivity contribution is -0.138. The summed E-state index contributed by atoms with van der Waals surface area (Å²) in [6.07, 6.45) is 9.10. The van der Waals surface area contributed by atoms with Gasteiger partial charge in [0.2, 0.25) is 0 Å². The first-order valence-electron chi connectivity index (χ1n) is 6.21. The lowest BCUT2D eigenvalue weighted by Gasteiger charge is -1.98. The number of carboxylic acid groups (broad SMARTS) is 2. The number of rotatable bonds is 10. The van der Waals surface area contributed by atoms with Crippen LogP contribution in [0, 0.1) is 0 Å². The third-order valence-electron chi connectivity index (χ3n) is 2.20. The zero-order valence-electron chi connectivity index (χ0n) is 10.9. The molecule has 0 bridgehead atoms. The Labute approximate surface area is 109 Å². The first kappa shape index (κ1) is 18.8. The molecule has 0 aliphatic carbocycles. The summed E-state index contributed by atoms with van der Waals surface area (Å²) in [4.78, 5) is 20.3. The van der Waals surface area contributed by atoms with Crippen molar-refractivity contribution in [3.05, 3.63) is 25.3 Å². The molecule has 4 heteroatoms. The first-order valence-corrected chi connectivity index (χ1v) is 6.21. The van der Waals surface area contributed by atoms with Gasteiger partial charge in [-0.05, 0) is 12.8 Å². The van der Waals surface area contributed by atoms with Crippen LogP contribution in [0.1, 0.15) is 51.4 Å². The Morgan fingerprint density at radius 2 is 1.00 bits per heavy atom. The van der Waals surface area contributed by atoms with Gasteiger partial charge in [0.05, 0.1) is 0 Å². The Bertz CT molecular complexity index is 220. The van der Waals surface area contributed by atoms with Crippen molar-refractivity contribution in [1.82, 2.24) is 0 Å². The molecular weight excluding hydrogens is 232 g/mol. The first-order chi connectivity index (χ1) is 8.54. The van der Waals surface area contributed by atoms with Crippen molar-refractivity contribution in [3.8, 4) is 0 Å². The van der Waals surface area contributed by atoms with Crippen molar-refractivity contribution in [1.29, 1.82) is 0 Å². The molecule has 0 rings (SSSR count). The van der Waals surface area contributed by atoms with E-state index in [0.717, 1.165) is 38.5 Å². The maximum Gasteiger partial charge on any atom is 0.303 e. The van der Waals surface area contributed by atoms with Crippen LogP contribution in [0.2, 0.25) is 0 Å². The van der Waals surface area contributed by atoms with Gasteiger partial charge in [0.15, 0.2) is 0 Å². The zero-order valence-corrected chi connectivity index (χ0v) is 10.9. The summed E-state index contributed by atoms with van der Waals surface area (Å²) in [6.45, 7) is 6.72. The van der Waals surface area contributed by atoms with Crippen LogP contribution in [-0.2, 0) is 9.59 Å². The van der Waals surface area contributed by atoms with E-state index in [9.17, 15) is 9.59 Å². The van der Waals surface area contributed by atoms with Gasteiger partial charge in [0.1, 0.15) is 0 Å². The number of hydrogen-bond acceptors (Lipinski definition) is 2. The molecule has 0 amide bonds. The predicted octanol–water partition coefficient (Wildman–Crippen LogP) is 3.63. The van der Waals surface area contributed by atoms with Gasteiger partial charge < -0.3 is 10.2 Å². The third-order valence-corrected chi connectivity index (χ3v) is 2.20. The second-order valence-corrected chi connectivity index (χ2v) is 3.88. The normalized spacial score (nSPS) is 8.89. The Kier molecular flexibility index (Phi) is 16.1. The van der Waals surface area contributed by atoms with Crippen LogP contribution in [0.15, 0.2) is 25.3 Å². The number of allylic oxidation sites excluding steroid dienone is 2. The second kappa shape index (κ2) is 15.4. The lowest BCUT2D eigenvalue weighted by Crippen LogP contribution is -1.94. The third kappa shape index (κ3) is 23.9. The molecule has 104 valence electrons. The van der Waals surface area contributed by atoms with Crippen molar-refractivity contribution < 1.29 is 19.8 Å². The molecule has 0 atom stereocenters. The van der Waals surface area contributed by atoms with Gasteiger partial charge in [-0.1, -0.05) is 51.0 Å². The molecule has 0 aromatic carbocycles. The Balaban J connectivity index is 0. The molecule has 0 aromatic rings. The van der Waals surface area contributed by atoms with E-state index in [1.807, 2.05) is 0 Å². The number of carbonyl (C=O) groups is 2. The summed E-state index contributed by atoms with van der Waals surface area (Å²) in [5.41, 5.74) is 0. The largest absolute Gasteiger partial charge is 0.481 e. The van der Waals surface area contributed by atoms with E-state index in [1.54, 1.807) is 12.2 Å². The fourth-order valence-corrected chi connectivity index (χ4v) is 1.26. The molecule has 0 aliphatic rings. The molecule has 0 radical (unpaired) electrons. The van der Waals surface area contributed by atoms with E-state index >= 15 is 0 Å². The average Bonchev–Trinajstić information content (AvgIpc) is 2.32. The molecule has 0 aliphatic heterocycles. The number of aliphatic carboxylic acids is 2. The highest BCUT2D eigenvalue weighted by atomic mass is 16.4. The molecule has 0 fully saturated rings. The minimum Gasteiger partial charge on any atom is -0.481 e. The average molecular weight is 256 g/mol. The molecule has 0 heterocycles. The number of unbranched alkanes of at least 4 members (excludes halogenated alkanes) is 5. The molecule has 0 aromatic heterocycles. The quantitative estimate of drug-likeness (QED) is 0.462. The highest BCUT2D eigenvalue weighted by Gasteiger charge is 1.98. The topological polar surface area (TPSA) is 74.6 Å². The van der Waals surface area contributed by atoms with Crippen LogP contribution < -0.4 is 0 Å². The maximum atomic E-state index is 10.1. The summed E-state index contributed by atoms with van der Waals surface area (Å²) < 4.78 is 0. The monoisotopic (exact) mass is 256 g/mol. The highest BCUT2D eigenvalue weighted by molar-refractivity contribution is 5.66. The van der Waals surface area contributed by atoms with Gasteiger partial charge in [-0.3, -0.25) is 9.59 Å². The summed E-state index contributed by atoms with van der Waals surface area (Å²) >= 11 is 0. The minimum atomic E-state index is -0.740. The molecule has 2 N–H and O–H groups in total. The molecule has 0 saturated carbocycles. The number of hydrogen-bond donors (Lipinski definition) is 2.